The highest BCUT2D eigenvalue weighted by Gasteiger charge is 2.60. The summed E-state index contributed by atoms with van der Waals surface area (Å²) in [5.41, 5.74) is 5.99. The van der Waals surface area contributed by atoms with Crippen molar-refractivity contribution >= 4 is 41.7 Å². The standard InChI is InChI=1S/C24H36N6O5S/c1-12(6-15(31)10-28(3)11-25)18-19-13(2)21(20(24(34)35)30(19)23(18)33)36-16-7-17(27-8-16)22(32)29-5-4-14(26)9-29/h11-14,16-19,25,27H,4-10,26H2,1-3H3,(H,34,35)/t12-,13+,14+,16-,17-,18+,19+/m0/s1. The number of rotatable bonds is 10. The Morgan fingerprint density at radius 3 is 2.72 bits per heavy atom. The minimum atomic E-state index is -1.13. The first-order valence-electron chi connectivity index (χ1n) is 12.5. The molecule has 198 valence electrons. The van der Waals surface area contributed by atoms with Gasteiger partial charge in [0.25, 0.3) is 0 Å². The Morgan fingerprint density at radius 2 is 2.11 bits per heavy atom. The van der Waals surface area contributed by atoms with Crippen molar-refractivity contribution in [1.82, 2.24) is 20.0 Å². The molecule has 4 heterocycles. The highest BCUT2D eigenvalue weighted by atomic mass is 32.2. The van der Waals surface area contributed by atoms with Crippen molar-refractivity contribution in [2.45, 2.75) is 56.5 Å². The van der Waals surface area contributed by atoms with Crippen LogP contribution in [0.1, 0.15) is 33.1 Å². The van der Waals surface area contributed by atoms with Gasteiger partial charge in [0.2, 0.25) is 11.8 Å². The molecule has 0 unspecified atom stereocenters. The van der Waals surface area contributed by atoms with Crippen LogP contribution in [-0.4, -0.2) is 106 Å². The number of likely N-dealkylation sites (N-methyl/N-ethyl adjacent to an activating group) is 1. The lowest BCUT2D eigenvalue weighted by Gasteiger charge is -2.47. The Labute approximate surface area is 215 Å². The zero-order valence-corrected chi connectivity index (χ0v) is 21.8. The number of hydrogen-bond donors (Lipinski definition) is 4. The molecule has 0 bridgehead atoms. The molecule has 4 rings (SSSR count). The minimum absolute atomic E-state index is 0.0185. The molecular formula is C24H36N6O5S. The number of thioether (sulfide) groups is 1. The van der Waals surface area contributed by atoms with Gasteiger partial charge >= 0.3 is 5.97 Å². The lowest BCUT2D eigenvalue weighted by Crippen LogP contribution is -2.62. The summed E-state index contributed by atoms with van der Waals surface area (Å²) >= 11 is 1.46. The zero-order chi connectivity index (χ0) is 26.3. The molecule has 0 aromatic carbocycles. The highest BCUT2D eigenvalue weighted by Crippen LogP contribution is 2.53. The number of carboxylic acids is 1. The van der Waals surface area contributed by atoms with Crippen molar-refractivity contribution in [3.63, 3.8) is 0 Å². The predicted molar refractivity (Wildman–Crippen MR) is 135 cm³/mol. The maximum atomic E-state index is 13.1. The van der Waals surface area contributed by atoms with E-state index in [9.17, 15) is 24.3 Å². The van der Waals surface area contributed by atoms with E-state index in [0.717, 1.165) is 12.8 Å². The SMILES string of the molecule is C[C@@H](CC(=O)CN(C)C=N)[C@H]1C(=O)N2C(C(=O)O)=C(S[C@@H]3CN[C@H](C(=O)N4CC[C@@H](N)C4)C3)[C@H](C)[C@H]12. The molecule has 0 radical (unpaired) electrons. The van der Waals surface area contributed by atoms with E-state index in [2.05, 4.69) is 5.32 Å². The van der Waals surface area contributed by atoms with Crippen LogP contribution in [0.25, 0.3) is 0 Å². The third-order valence-corrected chi connectivity index (χ3v) is 9.33. The van der Waals surface area contributed by atoms with Crippen LogP contribution in [0, 0.1) is 23.2 Å². The largest absolute Gasteiger partial charge is 0.477 e. The summed E-state index contributed by atoms with van der Waals surface area (Å²) in [5, 5.41) is 20.5. The van der Waals surface area contributed by atoms with E-state index in [1.165, 1.54) is 21.6 Å². The van der Waals surface area contributed by atoms with Gasteiger partial charge in [-0.1, -0.05) is 13.8 Å². The van der Waals surface area contributed by atoms with Crippen LogP contribution in [0.15, 0.2) is 10.6 Å². The fourth-order valence-corrected chi connectivity index (χ4v) is 7.49. The lowest BCUT2D eigenvalue weighted by atomic mass is 9.73. The van der Waals surface area contributed by atoms with Gasteiger partial charge < -0.3 is 30.9 Å². The Hall–Kier alpha value is -2.44. The van der Waals surface area contributed by atoms with E-state index < -0.39 is 11.9 Å². The van der Waals surface area contributed by atoms with Crippen LogP contribution in [-0.2, 0) is 19.2 Å². The van der Waals surface area contributed by atoms with Crippen LogP contribution < -0.4 is 11.1 Å². The van der Waals surface area contributed by atoms with Gasteiger partial charge in [-0.25, -0.2) is 4.79 Å². The van der Waals surface area contributed by atoms with Gasteiger partial charge in [-0.05, 0) is 18.8 Å². The molecule has 4 aliphatic rings. The van der Waals surface area contributed by atoms with Gasteiger partial charge in [0.05, 0.1) is 30.9 Å². The summed E-state index contributed by atoms with van der Waals surface area (Å²) in [5.74, 6) is -2.20. The smallest absolute Gasteiger partial charge is 0.353 e. The number of Topliss-reactive ketones (excluding diaryl/α,β-unsaturated/α-hetero) is 1. The third kappa shape index (κ3) is 4.90. The predicted octanol–water partition coefficient (Wildman–Crippen LogP) is -0.0832. The fourth-order valence-electron chi connectivity index (χ4n) is 6.01. The number of carbonyl (C=O) groups excluding carboxylic acids is 3. The molecule has 3 fully saturated rings. The van der Waals surface area contributed by atoms with Gasteiger partial charge in [-0.2, -0.15) is 0 Å². The first-order valence-corrected chi connectivity index (χ1v) is 13.4. The molecule has 5 N–H and O–H groups in total. The zero-order valence-electron chi connectivity index (χ0n) is 21.0. The molecular weight excluding hydrogens is 484 g/mol. The fraction of sp³-hybridized carbons (Fsp3) is 0.708. The number of likely N-dealkylation sites (tertiary alicyclic amines) is 1. The van der Waals surface area contributed by atoms with E-state index in [0.29, 0.717) is 31.0 Å². The van der Waals surface area contributed by atoms with Crippen molar-refractivity contribution < 1.29 is 24.3 Å². The molecule has 0 aromatic rings. The van der Waals surface area contributed by atoms with Crippen molar-refractivity contribution in [3.8, 4) is 0 Å². The number of nitrogens with one attached hydrogen (secondary N) is 2. The lowest BCUT2D eigenvalue weighted by molar-refractivity contribution is -0.160. The molecule has 36 heavy (non-hydrogen) atoms. The van der Waals surface area contributed by atoms with Crippen LogP contribution in [0.2, 0.25) is 0 Å². The molecule has 0 aromatic heterocycles. The van der Waals surface area contributed by atoms with E-state index in [-0.39, 0.29) is 71.5 Å². The maximum absolute atomic E-state index is 13.1. The Morgan fingerprint density at radius 1 is 1.39 bits per heavy atom. The minimum Gasteiger partial charge on any atom is -0.477 e. The highest BCUT2D eigenvalue weighted by molar-refractivity contribution is 8.03. The molecule has 0 aliphatic carbocycles. The van der Waals surface area contributed by atoms with Gasteiger partial charge in [-0.15, -0.1) is 11.8 Å². The molecule has 0 saturated carbocycles. The van der Waals surface area contributed by atoms with Gasteiger partial charge in [0.15, 0.2) is 5.78 Å². The van der Waals surface area contributed by atoms with Crippen LogP contribution in [0.3, 0.4) is 0 Å². The molecule has 4 aliphatic heterocycles. The normalized spacial score (nSPS) is 32.4. The van der Waals surface area contributed by atoms with E-state index >= 15 is 0 Å². The number of amides is 2. The summed E-state index contributed by atoms with van der Waals surface area (Å²) in [6.07, 6.45) is 2.68. The average Bonchev–Trinajstić information content (AvgIpc) is 3.51. The van der Waals surface area contributed by atoms with Crippen molar-refractivity contribution in [3.05, 3.63) is 10.6 Å². The van der Waals surface area contributed by atoms with Gasteiger partial charge in [0, 0.05) is 55.2 Å². The summed E-state index contributed by atoms with van der Waals surface area (Å²) in [6.45, 7) is 5.73. The monoisotopic (exact) mass is 520 g/mol. The first-order chi connectivity index (χ1) is 17.0. The number of nitrogens with two attached hydrogens (primary N) is 1. The number of fused-ring (bicyclic) bond motifs is 1. The number of carboxylic acid groups (broad SMARTS) is 1. The molecule has 7 atom stereocenters. The first kappa shape index (κ1) is 26.6. The number of nitrogens with zero attached hydrogens (tertiary/aromatic N) is 3. The van der Waals surface area contributed by atoms with Crippen LogP contribution in [0.5, 0.6) is 0 Å². The quantitative estimate of drug-likeness (QED) is 0.175. The number of ketones is 1. The van der Waals surface area contributed by atoms with E-state index in [1.807, 2.05) is 13.8 Å². The second kappa shape index (κ2) is 10.5. The van der Waals surface area contributed by atoms with Gasteiger partial charge in [0.1, 0.15) is 5.70 Å². The van der Waals surface area contributed by atoms with E-state index in [1.54, 1.807) is 11.9 Å². The van der Waals surface area contributed by atoms with Crippen molar-refractivity contribution in [1.29, 1.82) is 5.41 Å². The van der Waals surface area contributed by atoms with E-state index in [4.69, 9.17) is 11.1 Å². The Kier molecular flexibility index (Phi) is 7.77. The molecule has 12 heteroatoms. The number of carbonyl (C=O) groups is 4. The summed E-state index contributed by atoms with van der Waals surface area (Å²) in [4.78, 5) is 55.9. The summed E-state index contributed by atoms with van der Waals surface area (Å²) in [6, 6.07) is -0.574. The Bertz CT molecular complexity index is 988. The second-order valence-corrected chi connectivity index (χ2v) is 11.9. The molecule has 11 nitrogen and oxygen atoms in total. The summed E-state index contributed by atoms with van der Waals surface area (Å²) in [7, 11) is 1.65. The number of hydrogen-bond acceptors (Lipinski definition) is 8. The molecule has 3 saturated heterocycles. The van der Waals surface area contributed by atoms with Crippen LogP contribution >= 0.6 is 11.8 Å². The maximum Gasteiger partial charge on any atom is 0.353 e. The number of β-lactam (4-membered cyclic amide) rings is 1. The average molecular weight is 521 g/mol. The topological polar surface area (TPSA) is 160 Å². The van der Waals surface area contributed by atoms with Crippen molar-refractivity contribution in [2.24, 2.45) is 23.5 Å². The molecule has 2 amide bonds. The molecule has 0 spiro atoms. The second-order valence-electron chi connectivity index (χ2n) is 10.6. The number of aliphatic carboxylic acids is 1. The van der Waals surface area contributed by atoms with Crippen LogP contribution in [0.4, 0.5) is 0 Å². The van der Waals surface area contributed by atoms with Crippen molar-refractivity contribution in [2.75, 3.05) is 33.2 Å². The third-order valence-electron chi connectivity index (χ3n) is 7.82. The Balaban J connectivity index is 1.41. The van der Waals surface area contributed by atoms with Gasteiger partial charge in [-0.3, -0.25) is 19.8 Å². The summed E-state index contributed by atoms with van der Waals surface area (Å²) < 4.78 is 0.